The highest BCUT2D eigenvalue weighted by atomic mass is 16.5. The van der Waals surface area contributed by atoms with Crippen LogP contribution in [0.5, 0.6) is 0 Å². The van der Waals surface area contributed by atoms with Gasteiger partial charge in [-0.3, -0.25) is 4.79 Å². The highest BCUT2D eigenvalue weighted by Crippen LogP contribution is 2.13. The van der Waals surface area contributed by atoms with Crippen LogP contribution in [0.25, 0.3) is 11.0 Å². The second-order valence-electron chi connectivity index (χ2n) is 5.20. The Kier molecular flexibility index (Phi) is 4.17. The molecule has 0 aliphatic carbocycles. The van der Waals surface area contributed by atoms with Crippen molar-refractivity contribution in [2.75, 3.05) is 26.4 Å². The zero-order valence-electron chi connectivity index (χ0n) is 11.8. The number of aromatic amines is 1. The number of rotatable bonds is 4. The Labute approximate surface area is 122 Å². The van der Waals surface area contributed by atoms with E-state index in [1.54, 1.807) is 4.90 Å². The van der Waals surface area contributed by atoms with Gasteiger partial charge in [0, 0.05) is 19.4 Å². The topological polar surface area (TPSA) is 78.5 Å². The van der Waals surface area contributed by atoms with Crippen molar-refractivity contribution in [1.29, 1.82) is 0 Å². The van der Waals surface area contributed by atoms with E-state index in [0.717, 1.165) is 16.9 Å². The summed E-state index contributed by atoms with van der Waals surface area (Å²) in [5, 5.41) is 9.30. The van der Waals surface area contributed by atoms with Gasteiger partial charge < -0.3 is 19.7 Å². The van der Waals surface area contributed by atoms with E-state index in [0.29, 0.717) is 32.6 Å². The van der Waals surface area contributed by atoms with E-state index in [1.165, 1.54) is 0 Å². The number of amides is 1. The third-order valence-electron chi connectivity index (χ3n) is 3.77. The Morgan fingerprint density at radius 3 is 3.14 bits per heavy atom. The molecular formula is C15H19N3O3. The van der Waals surface area contributed by atoms with Gasteiger partial charge >= 0.3 is 0 Å². The second-order valence-corrected chi connectivity index (χ2v) is 5.20. The fraction of sp³-hybridized carbons (Fsp3) is 0.467. The van der Waals surface area contributed by atoms with Gasteiger partial charge in [0.05, 0.1) is 36.9 Å². The van der Waals surface area contributed by atoms with Crippen molar-refractivity contribution in [3.05, 3.63) is 30.1 Å². The number of aromatic nitrogens is 2. The van der Waals surface area contributed by atoms with Crippen LogP contribution in [0.3, 0.4) is 0 Å². The molecule has 112 valence electrons. The number of imidazole rings is 1. The highest BCUT2D eigenvalue weighted by molar-refractivity contribution is 5.77. The first-order chi connectivity index (χ1) is 10.3. The molecule has 0 saturated carbocycles. The normalized spacial score (nSPS) is 19.1. The number of fused-ring (bicyclic) bond motifs is 1. The van der Waals surface area contributed by atoms with Crippen molar-refractivity contribution in [2.24, 2.45) is 0 Å². The molecule has 2 heterocycles. The summed E-state index contributed by atoms with van der Waals surface area (Å²) < 4.78 is 5.28. The minimum Gasteiger partial charge on any atom is -0.394 e. The van der Waals surface area contributed by atoms with Crippen molar-refractivity contribution >= 4 is 16.9 Å². The number of nitrogens with one attached hydrogen (secondary N) is 1. The number of carbonyl (C=O) groups is 1. The summed E-state index contributed by atoms with van der Waals surface area (Å²) in [4.78, 5) is 21.7. The van der Waals surface area contributed by atoms with Crippen LogP contribution in [0.15, 0.2) is 24.3 Å². The van der Waals surface area contributed by atoms with Gasteiger partial charge in [-0.1, -0.05) is 12.1 Å². The Morgan fingerprint density at radius 1 is 1.48 bits per heavy atom. The van der Waals surface area contributed by atoms with Crippen LogP contribution in [0, 0.1) is 0 Å². The number of hydrogen-bond donors (Lipinski definition) is 2. The molecule has 6 heteroatoms. The van der Waals surface area contributed by atoms with Crippen molar-refractivity contribution in [3.63, 3.8) is 0 Å². The fourth-order valence-electron chi connectivity index (χ4n) is 2.63. The summed E-state index contributed by atoms with van der Waals surface area (Å²) in [7, 11) is 0. The van der Waals surface area contributed by atoms with Gasteiger partial charge in [0.2, 0.25) is 5.91 Å². The fourth-order valence-corrected chi connectivity index (χ4v) is 2.63. The zero-order chi connectivity index (χ0) is 14.7. The molecule has 3 rings (SSSR count). The minimum atomic E-state index is -0.220. The second kappa shape index (κ2) is 6.24. The summed E-state index contributed by atoms with van der Waals surface area (Å²) in [6.07, 6.45) is 0.958. The number of ether oxygens (including phenoxy) is 1. The molecule has 1 saturated heterocycles. The Bertz CT molecular complexity index is 592. The van der Waals surface area contributed by atoms with E-state index < -0.39 is 0 Å². The lowest BCUT2D eigenvalue weighted by Crippen LogP contribution is -2.50. The number of para-hydroxylation sites is 2. The number of aliphatic hydroxyl groups excluding tert-OH is 1. The van der Waals surface area contributed by atoms with Crippen LogP contribution in [-0.2, 0) is 16.0 Å². The number of H-pyrrole nitrogens is 1. The summed E-state index contributed by atoms with van der Waals surface area (Å²) in [5.41, 5.74) is 1.90. The Balaban J connectivity index is 1.62. The number of carbonyl (C=O) groups excluding carboxylic acids is 1. The molecule has 2 N–H and O–H groups in total. The first kappa shape index (κ1) is 14.0. The SMILES string of the molecule is O=C(CCc1nc2ccccc2[nH]1)N1CCOCC1CO. The third-order valence-corrected chi connectivity index (χ3v) is 3.77. The van der Waals surface area contributed by atoms with Gasteiger partial charge in [-0.05, 0) is 12.1 Å². The largest absolute Gasteiger partial charge is 0.394 e. The summed E-state index contributed by atoms with van der Waals surface area (Å²) in [5.74, 6) is 0.858. The standard InChI is InChI=1S/C15H19N3O3/c19-9-11-10-21-8-7-18(11)15(20)6-5-14-16-12-3-1-2-4-13(12)17-14/h1-4,11,19H,5-10H2,(H,16,17). The lowest BCUT2D eigenvalue weighted by Gasteiger charge is -2.34. The monoisotopic (exact) mass is 289 g/mol. The van der Waals surface area contributed by atoms with Crippen molar-refractivity contribution < 1.29 is 14.6 Å². The van der Waals surface area contributed by atoms with Gasteiger partial charge in [-0.2, -0.15) is 0 Å². The van der Waals surface area contributed by atoms with Crippen LogP contribution in [0.1, 0.15) is 12.2 Å². The number of morpholine rings is 1. The van der Waals surface area contributed by atoms with Crippen molar-refractivity contribution in [1.82, 2.24) is 14.9 Å². The average Bonchev–Trinajstić information content (AvgIpc) is 2.95. The van der Waals surface area contributed by atoms with Gasteiger partial charge in [-0.15, -0.1) is 0 Å². The molecule has 1 aromatic carbocycles. The maximum absolute atomic E-state index is 12.3. The molecule has 1 fully saturated rings. The zero-order valence-corrected chi connectivity index (χ0v) is 11.8. The summed E-state index contributed by atoms with van der Waals surface area (Å²) in [6, 6.07) is 7.59. The van der Waals surface area contributed by atoms with Crippen LogP contribution in [0.4, 0.5) is 0 Å². The number of benzene rings is 1. The molecule has 0 spiro atoms. The Hall–Kier alpha value is -1.92. The van der Waals surface area contributed by atoms with E-state index in [-0.39, 0.29) is 18.6 Å². The average molecular weight is 289 g/mol. The predicted octanol–water partition coefficient (Wildman–Crippen LogP) is 0.715. The quantitative estimate of drug-likeness (QED) is 0.869. The van der Waals surface area contributed by atoms with Crippen molar-refractivity contribution in [2.45, 2.75) is 18.9 Å². The number of aliphatic hydroxyl groups is 1. The molecule has 1 aromatic heterocycles. The van der Waals surface area contributed by atoms with E-state index in [2.05, 4.69) is 9.97 Å². The maximum atomic E-state index is 12.3. The van der Waals surface area contributed by atoms with E-state index in [1.807, 2.05) is 24.3 Å². The molecule has 21 heavy (non-hydrogen) atoms. The number of aryl methyl sites for hydroxylation is 1. The molecule has 0 radical (unpaired) electrons. The van der Waals surface area contributed by atoms with Crippen molar-refractivity contribution in [3.8, 4) is 0 Å². The van der Waals surface area contributed by atoms with Crippen LogP contribution >= 0.6 is 0 Å². The summed E-state index contributed by atoms with van der Waals surface area (Å²) in [6.45, 7) is 1.43. The maximum Gasteiger partial charge on any atom is 0.223 e. The molecule has 0 bridgehead atoms. The van der Waals surface area contributed by atoms with Gasteiger partial charge in [0.15, 0.2) is 0 Å². The number of nitrogens with zero attached hydrogens (tertiary/aromatic N) is 2. The van der Waals surface area contributed by atoms with Gasteiger partial charge in [0.1, 0.15) is 5.82 Å². The predicted molar refractivity (Wildman–Crippen MR) is 77.8 cm³/mol. The molecule has 1 amide bonds. The van der Waals surface area contributed by atoms with E-state index >= 15 is 0 Å². The highest BCUT2D eigenvalue weighted by Gasteiger charge is 2.26. The van der Waals surface area contributed by atoms with Crippen LogP contribution in [0.2, 0.25) is 0 Å². The van der Waals surface area contributed by atoms with Gasteiger partial charge in [0.25, 0.3) is 0 Å². The first-order valence-electron chi connectivity index (χ1n) is 7.19. The molecule has 1 atom stereocenters. The van der Waals surface area contributed by atoms with Gasteiger partial charge in [-0.25, -0.2) is 4.98 Å². The summed E-state index contributed by atoms with van der Waals surface area (Å²) >= 11 is 0. The molecule has 1 aliphatic rings. The first-order valence-corrected chi connectivity index (χ1v) is 7.19. The van der Waals surface area contributed by atoms with Crippen LogP contribution < -0.4 is 0 Å². The number of hydrogen-bond acceptors (Lipinski definition) is 4. The third kappa shape index (κ3) is 3.06. The molecule has 1 aliphatic heterocycles. The Morgan fingerprint density at radius 2 is 2.33 bits per heavy atom. The van der Waals surface area contributed by atoms with E-state index in [9.17, 15) is 9.90 Å². The lowest BCUT2D eigenvalue weighted by molar-refractivity contribution is -0.141. The molecular weight excluding hydrogens is 270 g/mol. The molecule has 2 aromatic rings. The lowest BCUT2D eigenvalue weighted by atomic mass is 10.2. The molecule has 1 unspecified atom stereocenters. The minimum absolute atomic E-state index is 0.0396. The van der Waals surface area contributed by atoms with E-state index in [4.69, 9.17) is 4.74 Å². The van der Waals surface area contributed by atoms with Crippen LogP contribution in [-0.4, -0.2) is 58.3 Å². The molecule has 6 nitrogen and oxygen atoms in total. The smallest absolute Gasteiger partial charge is 0.223 e.